The van der Waals surface area contributed by atoms with Gasteiger partial charge in [0.2, 0.25) is 0 Å². The average molecular weight is 239 g/mol. The number of hydrogen-bond donors (Lipinski definition) is 1. The highest BCUT2D eigenvalue weighted by Crippen LogP contribution is 2.30. The molecule has 0 aromatic heterocycles. The molecule has 3 heteroatoms. The number of piperazine rings is 1. The SMILES string of the molecule is Cc1c(Cl)cccc1N1C(C)CNCC1C. The van der Waals surface area contributed by atoms with Crippen LogP contribution >= 0.6 is 11.6 Å². The molecule has 2 unspecified atom stereocenters. The van der Waals surface area contributed by atoms with Gasteiger partial charge in [0, 0.05) is 35.9 Å². The quantitative estimate of drug-likeness (QED) is 0.810. The second-order valence-electron chi connectivity index (χ2n) is 4.65. The maximum absolute atomic E-state index is 6.19. The molecule has 16 heavy (non-hydrogen) atoms. The molecule has 1 aliphatic heterocycles. The van der Waals surface area contributed by atoms with Crippen molar-refractivity contribution in [3.8, 4) is 0 Å². The average Bonchev–Trinajstić information content (AvgIpc) is 2.24. The standard InChI is InChI=1S/C13H19ClN2/c1-9-7-15-8-10(2)16(9)13-6-4-5-12(14)11(13)3/h4-6,9-10,15H,7-8H2,1-3H3. The van der Waals surface area contributed by atoms with Gasteiger partial charge in [-0.3, -0.25) is 0 Å². The predicted octanol–water partition coefficient (Wildman–Crippen LogP) is 2.84. The third-order valence-corrected chi connectivity index (χ3v) is 3.76. The van der Waals surface area contributed by atoms with Crippen LogP contribution in [-0.2, 0) is 0 Å². The van der Waals surface area contributed by atoms with Crippen LogP contribution in [-0.4, -0.2) is 25.2 Å². The minimum absolute atomic E-state index is 0.515. The van der Waals surface area contributed by atoms with Gasteiger partial charge in [0.15, 0.2) is 0 Å². The first kappa shape index (κ1) is 11.7. The van der Waals surface area contributed by atoms with E-state index in [1.54, 1.807) is 0 Å². The summed E-state index contributed by atoms with van der Waals surface area (Å²) in [5, 5.41) is 4.30. The number of halogens is 1. The minimum atomic E-state index is 0.515. The molecule has 1 aromatic rings. The van der Waals surface area contributed by atoms with Gasteiger partial charge in [0.05, 0.1) is 0 Å². The molecule has 1 N–H and O–H groups in total. The summed E-state index contributed by atoms with van der Waals surface area (Å²) in [6.07, 6.45) is 0. The molecule has 2 nitrogen and oxygen atoms in total. The molecule has 1 aliphatic rings. The lowest BCUT2D eigenvalue weighted by Crippen LogP contribution is -2.55. The van der Waals surface area contributed by atoms with Crippen molar-refractivity contribution >= 4 is 17.3 Å². The van der Waals surface area contributed by atoms with Crippen LogP contribution in [0.15, 0.2) is 18.2 Å². The van der Waals surface area contributed by atoms with Crippen LogP contribution < -0.4 is 10.2 Å². The van der Waals surface area contributed by atoms with Crippen molar-refractivity contribution in [1.82, 2.24) is 5.32 Å². The molecule has 2 atom stereocenters. The summed E-state index contributed by atoms with van der Waals surface area (Å²) in [4.78, 5) is 2.47. The molecule has 0 bridgehead atoms. The topological polar surface area (TPSA) is 15.3 Å². The van der Waals surface area contributed by atoms with Crippen molar-refractivity contribution in [3.63, 3.8) is 0 Å². The lowest BCUT2D eigenvalue weighted by Gasteiger charge is -2.42. The van der Waals surface area contributed by atoms with E-state index in [9.17, 15) is 0 Å². The van der Waals surface area contributed by atoms with Gasteiger partial charge < -0.3 is 10.2 Å². The third-order valence-electron chi connectivity index (χ3n) is 3.35. The smallest absolute Gasteiger partial charge is 0.0455 e. The number of hydrogen-bond acceptors (Lipinski definition) is 2. The van der Waals surface area contributed by atoms with Gasteiger partial charge in [-0.05, 0) is 38.5 Å². The zero-order valence-electron chi connectivity index (χ0n) is 10.1. The highest BCUT2D eigenvalue weighted by molar-refractivity contribution is 6.31. The molecule has 1 heterocycles. The zero-order valence-corrected chi connectivity index (χ0v) is 10.9. The van der Waals surface area contributed by atoms with Crippen molar-refractivity contribution in [2.24, 2.45) is 0 Å². The van der Waals surface area contributed by atoms with Gasteiger partial charge in [-0.2, -0.15) is 0 Å². The Labute approximate surface area is 103 Å². The monoisotopic (exact) mass is 238 g/mol. The van der Waals surface area contributed by atoms with E-state index < -0.39 is 0 Å². The number of nitrogens with one attached hydrogen (secondary N) is 1. The maximum Gasteiger partial charge on any atom is 0.0455 e. The number of rotatable bonds is 1. The highest BCUT2D eigenvalue weighted by atomic mass is 35.5. The molecule has 1 saturated heterocycles. The van der Waals surface area contributed by atoms with E-state index in [4.69, 9.17) is 11.6 Å². The summed E-state index contributed by atoms with van der Waals surface area (Å²) < 4.78 is 0. The van der Waals surface area contributed by atoms with Gasteiger partial charge in [0.25, 0.3) is 0 Å². The molecule has 0 radical (unpaired) electrons. The van der Waals surface area contributed by atoms with Gasteiger partial charge in [-0.25, -0.2) is 0 Å². The van der Waals surface area contributed by atoms with Crippen molar-refractivity contribution in [3.05, 3.63) is 28.8 Å². The summed E-state index contributed by atoms with van der Waals surface area (Å²) in [6, 6.07) is 7.19. The molecular formula is C13H19ClN2. The first-order valence-corrected chi connectivity index (χ1v) is 6.23. The van der Waals surface area contributed by atoms with Crippen LogP contribution in [0.3, 0.4) is 0 Å². The fourth-order valence-electron chi connectivity index (χ4n) is 2.48. The summed E-state index contributed by atoms with van der Waals surface area (Å²) in [5.41, 5.74) is 2.46. The molecule has 0 aliphatic carbocycles. The van der Waals surface area contributed by atoms with E-state index >= 15 is 0 Å². The normalized spacial score (nSPS) is 25.9. The molecule has 1 aromatic carbocycles. The Morgan fingerprint density at radius 1 is 1.25 bits per heavy atom. The highest BCUT2D eigenvalue weighted by Gasteiger charge is 2.25. The van der Waals surface area contributed by atoms with E-state index in [2.05, 4.69) is 37.1 Å². The number of benzene rings is 1. The third kappa shape index (κ3) is 2.04. The van der Waals surface area contributed by atoms with Crippen LogP contribution in [0.1, 0.15) is 19.4 Å². The Bertz CT molecular complexity index is 368. The predicted molar refractivity (Wildman–Crippen MR) is 70.5 cm³/mol. The molecule has 0 saturated carbocycles. The van der Waals surface area contributed by atoms with Gasteiger partial charge in [0.1, 0.15) is 0 Å². The minimum Gasteiger partial charge on any atom is -0.363 e. The summed E-state index contributed by atoms with van der Waals surface area (Å²) in [6.45, 7) is 8.68. The largest absolute Gasteiger partial charge is 0.363 e. The van der Waals surface area contributed by atoms with Crippen LogP contribution in [0, 0.1) is 6.92 Å². The first-order chi connectivity index (χ1) is 7.61. The number of anilines is 1. The molecular weight excluding hydrogens is 220 g/mol. The Morgan fingerprint density at radius 2 is 1.88 bits per heavy atom. The van der Waals surface area contributed by atoms with E-state index in [1.807, 2.05) is 12.1 Å². The Kier molecular flexibility index (Phi) is 3.41. The fourth-order valence-corrected chi connectivity index (χ4v) is 2.65. The van der Waals surface area contributed by atoms with Gasteiger partial charge in [-0.15, -0.1) is 0 Å². The van der Waals surface area contributed by atoms with E-state index in [0.717, 1.165) is 18.1 Å². The molecule has 1 fully saturated rings. The van der Waals surface area contributed by atoms with Crippen LogP contribution in [0.2, 0.25) is 5.02 Å². The Morgan fingerprint density at radius 3 is 2.50 bits per heavy atom. The lowest BCUT2D eigenvalue weighted by atomic mass is 10.1. The fraction of sp³-hybridized carbons (Fsp3) is 0.538. The van der Waals surface area contributed by atoms with Crippen LogP contribution in [0.25, 0.3) is 0 Å². The lowest BCUT2D eigenvalue weighted by molar-refractivity contribution is 0.431. The van der Waals surface area contributed by atoms with Gasteiger partial charge >= 0.3 is 0 Å². The second-order valence-corrected chi connectivity index (χ2v) is 5.05. The van der Waals surface area contributed by atoms with E-state index in [1.165, 1.54) is 11.3 Å². The summed E-state index contributed by atoms with van der Waals surface area (Å²) >= 11 is 6.19. The molecule has 2 rings (SSSR count). The maximum atomic E-state index is 6.19. The Balaban J connectivity index is 2.38. The summed E-state index contributed by atoms with van der Waals surface area (Å²) in [7, 11) is 0. The second kappa shape index (κ2) is 4.64. The first-order valence-electron chi connectivity index (χ1n) is 5.85. The van der Waals surface area contributed by atoms with Crippen LogP contribution in [0.4, 0.5) is 5.69 Å². The molecule has 0 amide bonds. The van der Waals surface area contributed by atoms with E-state index in [0.29, 0.717) is 12.1 Å². The molecule has 88 valence electrons. The van der Waals surface area contributed by atoms with Crippen molar-refractivity contribution in [2.75, 3.05) is 18.0 Å². The van der Waals surface area contributed by atoms with E-state index in [-0.39, 0.29) is 0 Å². The number of nitrogens with zero attached hydrogens (tertiary/aromatic N) is 1. The molecule has 0 spiro atoms. The zero-order chi connectivity index (χ0) is 11.7. The van der Waals surface area contributed by atoms with Crippen molar-refractivity contribution < 1.29 is 0 Å². The van der Waals surface area contributed by atoms with Crippen molar-refractivity contribution in [1.29, 1.82) is 0 Å². The van der Waals surface area contributed by atoms with Crippen LogP contribution in [0.5, 0.6) is 0 Å². The summed E-state index contributed by atoms with van der Waals surface area (Å²) in [5.74, 6) is 0. The van der Waals surface area contributed by atoms with Crippen molar-refractivity contribution in [2.45, 2.75) is 32.9 Å². The van der Waals surface area contributed by atoms with Gasteiger partial charge in [-0.1, -0.05) is 17.7 Å². The Hall–Kier alpha value is -0.730.